The summed E-state index contributed by atoms with van der Waals surface area (Å²) in [6, 6.07) is 0.168. The molecule has 0 amide bonds. The van der Waals surface area contributed by atoms with Gasteiger partial charge < -0.3 is 14.2 Å². The smallest absolute Gasteiger partial charge is 0.362 e. The fourth-order valence-corrected chi connectivity index (χ4v) is 2.41. The molecule has 94 valence electrons. The van der Waals surface area contributed by atoms with Crippen molar-refractivity contribution < 1.29 is 13.8 Å². The molecule has 0 aliphatic carbocycles. The van der Waals surface area contributed by atoms with Gasteiger partial charge in [-0.2, -0.15) is 0 Å². The van der Waals surface area contributed by atoms with Crippen LogP contribution in [0.5, 0.6) is 0 Å². The lowest BCUT2D eigenvalue weighted by Crippen LogP contribution is -2.47. The standard InChI is InChI=1S/C8H19BClN2O3P/c1-11(2)16(10,13)14-6-7-4-12(3)5-8(9)15-7/h7-8H,4-6,9H2,1-3H3. The van der Waals surface area contributed by atoms with E-state index in [2.05, 4.69) is 4.90 Å². The molecule has 1 fully saturated rings. The van der Waals surface area contributed by atoms with Crippen LogP contribution in [0.2, 0.25) is 0 Å². The van der Waals surface area contributed by atoms with Crippen LogP contribution in [0.3, 0.4) is 0 Å². The molecule has 16 heavy (non-hydrogen) atoms. The summed E-state index contributed by atoms with van der Waals surface area (Å²) in [4.78, 5) is 2.16. The summed E-state index contributed by atoms with van der Waals surface area (Å²) in [6.07, 6.45) is -0.0687. The van der Waals surface area contributed by atoms with Crippen molar-refractivity contribution in [1.29, 1.82) is 0 Å². The van der Waals surface area contributed by atoms with Crippen LogP contribution in [-0.4, -0.2) is 70.4 Å². The van der Waals surface area contributed by atoms with E-state index in [-0.39, 0.29) is 18.7 Å². The zero-order chi connectivity index (χ0) is 12.3. The first-order valence-electron chi connectivity index (χ1n) is 5.27. The first kappa shape index (κ1) is 14.5. The molecule has 3 atom stereocenters. The van der Waals surface area contributed by atoms with Gasteiger partial charge in [0.15, 0.2) is 0 Å². The maximum atomic E-state index is 11.7. The molecule has 3 unspecified atom stereocenters. The zero-order valence-electron chi connectivity index (χ0n) is 10.2. The third-order valence-corrected chi connectivity index (χ3v) is 5.03. The van der Waals surface area contributed by atoms with E-state index < -0.39 is 6.87 Å². The van der Waals surface area contributed by atoms with Gasteiger partial charge in [-0.25, -0.2) is 4.67 Å². The van der Waals surface area contributed by atoms with E-state index in [0.29, 0.717) is 0 Å². The molecule has 0 spiro atoms. The summed E-state index contributed by atoms with van der Waals surface area (Å²) in [5.74, 6) is 0. The van der Waals surface area contributed by atoms with Gasteiger partial charge in [-0.05, 0) is 32.4 Å². The van der Waals surface area contributed by atoms with E-state index in [1.807, 2.05) is 14.9 Å². The Morgan fingerprint density at radius 3 is 2.75 bits per heavy atom. The Morgan fingerprint density at radius 2 is 2.25 bits per heavy atom. The second kappa shape index (κ2) is 5.85. The van der Waals surface area contributed by atoms with Gasteiger partial charge >= 0.3 is 6.87 Å². The highest BCUT2D eigenvalue weighted by Crippen LogP contribution is 2.54. The van der Waals surface area contributed by atoms with E-state index >= 15 is 0 Å². The van der Waals surface area contributed by atoms with Gasteiger partial charge in [0.1, 0.15) is 7.85 Å². The monoisotopic (exact) mass is 268 g/mol. The number of morpholine rings is 1. The molecule has 1 aliphatic heterocycles. The molecule has 8 heteroatoms. The van der Waals surface area contributed by atoms with Crippen molar-refractivity contribution in [2.45, 2.75) is 12.1 Å². The molecule has 0 N–H and O–H groups in total. The highest BCUT2D eigenvalue weighted by molar-refractivity contribution is 7.83. The molecule has 0 bridgehead atoms. The second-order valence-corrected chi connectivity index (χ2v) is 7.63. The van der Waals surface area contributed by atoms with Crippen molar-refractivity contribution in [3.8, 4) is 0 Å². The van der Waals surface area contributed by atoms with Gasteiger partial charge in [0.25, 0.3) is 0 Å². The van der Waals surface area contributed by atoms with Crippen LogP contribution in [0.4, 0.5) is 0 Å². The molecule has 1 heterocycles. The van der Waals surface area contributed by atoms with Gasteiger partial charge in [0.05, 0.1) is 12.7 Å². The number of hydrogen-bond acceptors (Lipinski definition) is 4. The van der Waals surface area contributed by atoms with Gasteiger partial charge in [0, 0.05) is 19.1 Å². The van der Waals surface area contributed by atoms with Gasteiger partial charge in [0.2, 0.25) is 0 Å². The molecule has 0 radical (unpaired) electrons. The molecule has 0 aromatic carbocycles. The van der Waals surface area contributed by atoms with Crippen molar-refractivity contribution in [1.82, 2.24) is 9.57 Å². The van der Waals surface area contributed by atoms with Crippen molar-refractivity contribution in [3.63, 3.8) is 0 Å². The van der Waals surface area contributed by atoms with E-state index in [4.69, 9.17) is 20.5 Å². The maximum absolute atomic E-state index is 11.7. The van der Waals surface area contributed by atoms with Crippen LogP contribution < -0.4 is 0 Å². The van der Waals surface area contributed by atoms with Gasteiger partial charge in [-0.3, -0.25) is 4.57 Å². The minimum absolute atomic E-state index is 0.0687. The molecule has 1 aliphatic rings. The molecule has 1 rings (SSSR count). The van der Waals surface area contributed by atoms with E-state index in [9.17, 15) is 4.57 Å². The minimum atomic E-state index is -3.16. The number of likely N-dealkylation sites (N-methyl/N-ethyl adjacent to an activating group) is 1. The zero-order valence-corrected chi connectivity index (χ0v) is 11.9. The molecule has 0 aromatic heterocycles. The Labute approximate surface area is 103 Å². The largest absolute Gasteiger partial charge is 0.379 e. The highest BCUT2D eigenvalue weighted by Gasteiger charge is 2.28. The number of halogens is 1. The van der Waals surface area contributed by atoms with Gasteiger partial charge in [-0.15, -0.1) is 0 Å². The molecule has 1 saturated heterocycles. The van der Waals surface area contributed by atoms with Crippen molar-refractivity contribution in [2.24, 2.45) is 0 Å². The predicted octanol–water partition coefficient (Wildman–Crippen LogP) is 0.201. The lowest BCUT2D eigenvalue weighted by atomic mass is 9.98. The normalized spacial score (nSPS) is 31.6. The summed E-state index contributed by atoms with van der Waals surface area (Å²) < 4.78 is 24.0. The van der Waals surface area contributed by atoms with E-state index in [1.54, 1.807) is 14.1 Å². The van der Waals surface area contributed by atoms with Crippen LogP contribution in [0.1, 0.15) is 0 Å². The van der Waals surface area contributed by atoms with Crippen LogP contribution in [0.25, 0.3) is 0 Å². The summed E-state index contributed by atoms with van der Waals surface area (Å²) in [5, 5.41) is 0. The summed E-state index contributed by atoms with van der Waals surface area (Å²) >= 11 is 5.75. The molecule has 5 nitrogen and oxygen atoms in total. The van der Waals surface area contributed by atoms with Crippen molar-refractivity contribution >= 4 is 26.0 Å². The first-order valence-corrected chi connectivity index (χ1v) is 7.75. The van der Waals surface area contributed by atoms with Crippen LogP contribution >= 0.6 is 18.1 Å². The Morgan fingerprint density at radius 1 is 1.62 bits per heavy atom. The third-order valence-electron chi connectivity index (χ3n) is 2.41. The highest BCUT2D eigenvalue weighted by atomic mass is 35.7. The van der Waals surface area contributed by atoms with E-state index in [1.165, 1.54) is 4.67 Å². The third kappa shape index (κ3) is 4.36. The SMILES string of the molecule is BC1CN(C)CC(COP(=O)(Cl)N(C)C)O1. The molecule has 0 aromatic rings. The van der Waals surface area contributed by atoms with Crippen molar-refractivity contribution in [2.75, 3.05) is 40.8 Å². The van der Waals surface area contributed by atoms with Crippen LogP contribution in [0, 0.1) is 0 Å². The number of rotatable bonds is 4. The Balaban J connectivity index is 2.40. The molecule has 0 saturated carbocycles. The van der Waals surface area contributed by atoms with Crippen LogP contribution in [-0.2, 0) is 13.8 Å². The summed E-state index contributed by atoms with van der Waals surface area (Å²) in [6.45, 7) is -1.23. The lowest BCUT2D eigenvalue weighted by Gasteiger charge is -2.35. The molecular weight excluding hydrogens is 249 g/mol. The average Bonchev–Trinajstić information content (AvgIpc) is 2.13. The Kier molecular flexibility index (Phi) is 5.30. The quantitative estimate of drug-likeness (QED) is 0.538. The number of nitrogens with zero attached hydrogens (tertiary/aromatic N) is 2. The Bertz CT molecular complexity index is 272. The second-order valence-electron chi connectivity index (χ2n) is 4.38. The Hall–Kier alpha value is 0.425. The number of ether oxygens (including phenoxy) is 1. The molecular formula is C8H19BClN2O3P. The fourth-order valence-electron chi connectivity index (χ4n) is 1.66. The van der Waals surface area contributed by atoms with E-state index in [0.717, 1.165) is 13.1 Å². The van der Waals surface area contributed by atoms with Crippen molar-refractivity contribution in [3.05, 3.63) is 0 Å². The summed E-state index contributed by atoms with van der Waals surface area (Å²) in [5.41, 5.74) is 0. The van der Waals surface area contributed by atoms with Gasteiger partial charge in [-0.1, -0.05) is 0 Å². The maximum Gasteiger partial charge on any atom is 0.362 e. The lowest BCUT2D eigenvalue weighted by molar-refractivity contribution is -0.0596. The fraction of sp³-hybridized carbons (Fsp3) is 1.00. The topological polar surface area (TPSA) is 42.0 Å². The summed E-state index contributed by atoms with van der Waals surface area (Å²) in [7, 11) is 7.29. The minimum Gasteiger partial charge on any atom is -0.379 e. The predicted molar refractivity (Wildman–Crippen MR) is 67.8 cm³/mol. The average molecular weight is 268 g/mol. The van der Waals surface area contributed by atoms with Crippen LogP contribution in [0.15, 0.2) is 0 Å². The first-order chi connectivity index (χ1) is 7.31. The number of hydrogen-bond donors (Lipinski definition) is 0.